The average Bonchev–Trinajstić information content (AvgIpc) is 3.49. The molecular formula is C22H40N4O2. The Morgan fingerprint density at radius 1 is 0.679 bits per heavy atom. The van der Waals surface area contributed by atoms with Crippen LogP contribution in [-0.4, -0.2) is 97.8 Å². The van der Waals surface area contributed by atoms with Crippen LogP contribution < -0.4 is 5.32 Å². The van der Waals surface area contributed by atoms with Crippen LogP contribution in [0.25, 0.3) is 0 Å². The molecule has 6 nitrogen and oxygen atoms in total. The van der Waals surface area contributed by atoms with Gasteiger partial charge in [0.1, 0.15) is 5.54 Å². The summed E-state index contributed by atoms with van der Waals surface area (Å²) >= 11 is 0. The molecular weight excluding hydrogens is 352 g/mol. The zero-order chi connectivity index (χ0) is 18.9. The molecule has 3 atom stereocenters. The van der Waals surface area contributed by atoms with Crippen molar-refractivity contribution in [3.63, 3.8) is 0 Å². The number of hydrogen-bond donors (Lipinski definition) is 1. The second-order valence-electron chi connectivity index (χ2n) is 9.47. The second kappa shape index (κ2) is 8.48. The summed E-state index contributed by atoms with van der Waals surface area (Å²) in [5.41, 5.74) is -0.0209. The average molecular weight is 393 g/mol. The Balaban J connectivity index is 1.62. The molecule has 5 heterocycles. The standard InChI is InChI=1S/C22H40N4O2/c1-2-14-25(15-3-1)22(26-16-10-23-11-17-26)21(9-7-19-28-22,20-8-6-18-27-20)24-12-4-5-13-24/h20,23H,1-19H2. The van der Waals surface area contributed by atoms with E-state index in [0.29, 0.717) is 6.10 Å². The molecule has 0 aromatic heterocycles. The Labute approximate surface area is 170 Å². The van der Waals surface area contributed by atoms with Crippen molar-refractivity contribution in [3.05, 3.63) is 0 Å². The predicted octanol–water partition coefficient (Wildman–Crippen LogP) is 1.86. The van der Waals surface area contributed by atoms with Crippen LogP contribution in [0, 0.1) is 0 Å². The van der Waals surface area contributed by atoms with Crippen LogP contribution in [0.2, 0.25) is 0 Å². The molecule has 0 aromatic carbocycles. The highest BCUT2D eigenvalue weighted by Crippen LogP contribution is 2.51. The van der Waals surface area contributed by atoms with Gasteiger partial charge in [-0.2, -0.15) is 0 Å². The smallest absolute Gasteiger partial charge is 0.201 e. The third-order valence-electron chi connectivity index (χ3n) is 8.03. The molecule has 5 aliphatic heterocycles. The van der Waals surface area contributed by atoms with Crippen LogP contribution in [-0.2, 0) is 9.47 Å². The van der Waals surface area contributed by atoms with Crippen molar-refractivity contribution in [1.82, 2.24) is 20.0 Å². The Hall–Kier alpha value is -0.240. The van der Waals surface area contributed by atoms with E-state index in [2.05, 4.69) is 20.0 Å². The van der Waals surface area contributed by atoms with Crippen LogP contribution >= 0.6 is 0 Å². The lowest BCUT2D eigenvalue weighted by molar-refractivity contribution is -0.350. The number of likely N-dealkylation sites (tertiary alicyclic amines) is 2. The first-order valence-electron chi connectivity index (χ1n) is 12.1. The van der Waals surface area contributed by atoms with E-state index in [-0.39, 0.29) is 11.4 Å². The summed E-state index contributed by atoms with van der Waals surface area (Å²) in [5.74, 6) is -0.312. The maximum absolute atomic E-state index is 7.09. The summed E-state index contributed by atoms with van der Waals surface area (Å²) in [6.45, 7) is 10.9. The zero-order valence-corrected chi connectivity index (χ0v) is 17.7. The molecule has 0 spiro atoms. The number of nitrogens with zero attached hydrogens (tertiary/aromatic N) is 3. The number of hydrogen-bond acceptors (Lipinski definition) is 6. The predicted molar refractivity (Wildman–Crippen MR) is 110 cm³/mol. The number of piperazine rings is 1. The topological polar surface area (TPSA) is 40.2 Å². The third kappa shape index (κ3) is 3.07. The van der Waals surface area contributed by atoms with Crippen molar-refractivity contribution in [2.24, 2.45) is 0 Å². The Morgan fingerprint density at radius 3 is 2.07 bits per heavy atom. The van der Waals surface area contributed by atoms with Gasteiger partial charge < -0.3 is 14.8 Å². The maximum Gasteiger partial charge on any atom is 0.201 e. The summed E-state index contributed by atoms with van der Waals surface area (Å²) in [7, 11) is 0. The van der Waals surface area contributed by atoms with Gasteiger partial charge in [0.25, 0.3) is 0 Å². The fraction of sp³-hybridized carbons (Fsp3) is 1.00. The van der Waals surface area contributed by atoms with E-state index in [1.165, 1.54) is 77.5 Å². The monoisotopic (exact) mass is 392 g/mol. The molecule has 5 fully saturated rings. The van der Waals surface area contributed by atoms with Gasteiger partial charge in [-0.05, 0) is 64.5 Å². The van der Waals surface area contributed by atoms with Gasteiger partial charge in [0.2, 0.25) is 5.85 Å². The molecule has 3 unspecified atom stereocenters. The van der Waals surface area contributed by atoms with Crippen molar-refractivity contribution in [3.8, 4) is 0 Å². The molecule has 6 heteroatoms. The second-order valence-corrected chi connectivity index (χ2v) is 9.47. The first-order chi connectivity index (χ1) is 13.9. The van der Waals surface area contributed by atoms with E-state index in [0.717, 1.165) is 45.8 Å². The van der Waals surface area contributed by atoms with Crippen molar-refractivity contribution in [1.29, 1.82) is 0 Å². The first-order valence-corrected chi connectivity index (χ1v) is 12.1. The maximum atomic E-state index is 7.09. The summed E-state index contributed by atoms with van der Waals surface area (Å²) < 4.78 is 13.6. The van der Waals surface area contributed by atoms with E-state index >= 15 is 0 Å². The van der Waals surface area contributed by atoms with Crippen LogP contribution in [0.1, 0.15) is 57.8 Å². The molecule has 0 amide bonds. The molecule has 0 saturated carbocycles. The van der Waals surface area contributed by atoms with Crippen molar-refractivity contribution in [2.45, 2.75) is 75.3 Å². The molecule has 0 aliphatic carbocycles. The van der Waals surface area contributed by atoms with Gasteiger partial charge in [-0.15, -0.1) is 0 Å². The van der Waals surface area contributed by atoms with Crippen LogP contribution in [0.15, 0.2) is 0 Å². The minimum atomic E-state index is -0.312. The quantitative estimate of drug-likeness (QED) is 0.788. The normalized spacial score (nSPS) is 42.2. The van der Waals surface area contributed by atoms with Crippen LogP contribution in [0.5, 0.6) is 0 Å². The fourth-order valence-corrected chi connectivity index (χ4v) is 6.95. The minimum absolute atomic E-state index is 0.0209. The largest absolute Gasteiger partial charge is 0.376 e. The van der Waals surface area contributed by atoms with Crippen molar-refractivity contribution in [2.75, 3.05) is 65.6 Å². The Bertz CT molecular complexity index is 473. The van der Waals surface area contributed by atoms with E-state index in [4.69, 9.17) is 9.47 Å². The summed E-state index contributed by atoms with van der Waals surface area (Å²) in [6.07, 6.45) is 11.7. The SMILES string of the molecule is C1CCN(C2(N3CCNCC3)OCCCC2(C2CCCO2)N2CCCC2)CC1. The molecule has 5 rings (SSSR count). The van der Waals surface area contributed by atoms with Gasteiger partial charge in [0.15, 0.2) is 0 Å². The first kappa shape index (κ1) is 19.7. The molecule has 0 radical (unpaired) electrons. The highest BCUT2D eigenvalue weighted by molar-refractivity contribution is 5.15. The van der Waals surface area contributed by atoms with Crippen LogP contribution in [0.4, 0.5) is 0 Å². The van der Waals surface area contributed by atoms with Gasteiger partial charge in [-0.3, -0.25) is 14.7 Å². The summed E-state index contributed by atoms with van der Waals surface area (Å²) in [5, 5.41) is 3.58. The van der Waals surface area contributed by atoms with E-state index in [9.17, 15) is 0 Å². The van der Waals surface area contributed by atoms with Gasteiger partial charge >= 0.3 is 0 Å². The number of piperidine rings is 1. The molecule has 160 valence electrons. The highest BCUT2D eigenvalue weighted by Gasteiger charge is 2.67. The third-order valence-corrected chi connectivity index (χ3v) is 8.03. The van der Waals surface area contributed by atoms with Gasteiger partial charge in [0.05, 0.1) is 12.7 Å². The molecule has 28 heavy (non-hydrogen) atoms. The highest BCUT2D eigenvalue weighted by atomic mass is 16.5. The number of rotatable bonds is 4. The zero-order valence-electron chi connectivity index (χ0n) is 17.7. The Morgan fingerprint density at radius 2 is 1.36 bits per heavy atom. The van der Waals surface area contributed by atoms with E-state index in [1.54, 1.807) is 0 Å². The lowest BCUT2D eigenvalue weighted by Gasteiger charge is -2.66. The van der Waals surface area contributed by atoms with Gasteiger partial charge in [-0.1, -0.05) is 6.42 Å². The van der Waals surface area contributed by atoms with Crippen molar-refractivity contribution >= 4 is 0 Å². The molecule has 5 aliphatic rings. The molecule has 1 N–H and O–H groups in total. The number of ether oxygens (including phenoxy) is 2. The lowest BCUT2D eigenvalue weighted by atomic mass is 9.74. The molecule has 0 bridgehead atoms. The summed E-state index contributed by atoms with van der Waals surface area (Å²) in [6, 6.07) is 0. The number of nitrogens with one attached hydrogen (secondary N) is 1. The Kier molecular flexibility index (Phi) is 5.97. The molecule has 0 aromatic rings. The van der Waals surface area contributed by atoms with E-state index < -0.39 is 0 Å². The minimum Gasteiger partial charge on any atom is -0.376 e. The molecule has 5 saturated heterocycles. The van der Waals surface area contributed by atoms with Crippen LogP contribution in [0.3, 0.4) is 0 Å². The van der Waals surface area contributed by atoms with E-state index in [1.807, 2.05) is 0 Å². The van der Waals surface area contributed by atoms with Gasteiger partial charge in [-0.25, -0.2) is 0 Å². The summed E-state index contributed by atoms with van der Waals surface area (Å²) in [4.78, 5) is 8.33. The lowest BCUT2D eigenvalue weighted by Crippen LogP contribution is -2.84. The fourth-order valence-electron chi connectivity index (χ4n) is 6.95. The van der Waals surface area contributed by atoms with Crippen molar-refractivity contribution < 1.29 is 9.47 Å². The van der Waals surface area contributed by atoms with Gasteiger partial charge in [0, 0.05) is 45.9 Å².